The second-order valence-electron chi connectivity index (χ2n) is 6.55. The largest absolute Gasteiger partial charge is 0.302 e. The predicted octanol–water partition coefficient (Wildman–Crippen LogP) is 2.45. The third-order valence-corrected chi connectivity index (χ3v) is 5.00. The molecule has 3 N–H and O–H groups in total. The molecule has 0 aliphatic heterocycles. The highest BCUT2D eigenvalue weighted by Gasteiger charge is 2.41. The van der Waals surface area contributed by atoms with Crippen molar-refractivity contribution in [1.82, 2.24) is 20.1 Å². The third-order valence-electron chi connectivity index (χ3n) is 5.00. The molecule has 21 heavy (non-hydrogen) atoms. The lowest BCUT2D eigenvalue weighted by Crippen LogP contribution is -2.55. The number of nitrogens with two attached hydrogens (primary N) is 1. The first-order valence-electron chi connectivity index (χ1n) is 8.30. The van der Waals surface area contributed by atoms with Gasteiger partial charge >= 0.3 is 0 Å². The van der Waals surface area contributed by atoms with Gasteiger partial charge in [0.2, 0.25) is 0 Å². The highest BCUT2D eigenvalue weighted by atomic mass is 15.3. The van der Waals surface area contributed by atoms with Crippen molar-refractivity contribution in [2.75, 3.05) is 14.1 Å². The van der Waals surface area contributed by atoms with Crippen molar-refractivity contribution in [3.8, 4) is 0 Å². The number of hydrazine groups is 1. The summed E-state index contributed by atoms with van der Waals surface area (Å²) in [6, 6.07) is 0.135. The van der Waals surface area contributed by atoms with Crippen LogP contribution < -0.4 is 11.3 Å². The van der Waals surface area contributed by atoms with Gasteiger partial charge in [-0.2, -0.15) is 5.10 Å². The van der Waals surface area contributed by atoms with Crippen LogP contribution in [0.15, 0.2) is 12.4 Å². The molecule has 1 heterocycles. The minimum absolute atomic E-state index is 0.0886. The number of likely N-dealkylation sites (N-methyl/N-ethyl adjacent to an activating group) is 1. The number of aromatic nitrogens is 2. The number of nitrogens with zero attached hydrogens (tertiary/aromatic N) is 3. The zero-order valence-corrected chi connectivity index (χ0v) is 13.8. The van der Waals surface area contributed by atoms with Gasteiger partial charge < -0.3 is 4.90 Å². The lowest BCUT2D eigenvalue weighted by molar-refractivity contribution is 0.0800. The summed E-state index contributed by atoms with van der Waals surface area (Å²) in [5.41, 5.74) is 4.40. The zero-order chi connectivity index (χ0) is 15.3. The molecule has 5 nitrogen and oxygen atoms in total. The molecule has 0 radical (unpaired) electrons. The van der Waals surface area contributed by atoms with E-state index in [0.29, 0.717) is 0 Å². The Balaban J connectivity index is 2.29. The summed E-state index contributed by atoms with van der Waals surface area (Å²) < 4.78 is 2.03. The third kappa shape index (κ3) is 3.47. The molecule has 1 unspecified atom stereocenters. The van der Waals surface area contributed by atoms with Crippen LogP contribution in [0.2, 0.25) is 0 Å². The van der Waals surface area contributed by atoms with Crippen molar-refractivity contribution in [3.63, 3.8) is 0 Å². The molecule has 0 amide bonds. The van der Waals surface area contributed by atoms with Crippen molar-refractivity contribution in [3.05, 3.63) is 18.0 Å². The number of nitrogens with one attached hydrogen (secondary N) is 1. The van der Waals surface area contributed by atoms with E-state index in [4.69, 9.17) is 5.84 Å². The van der Waals surface area contributed by atoms with Gasteiger partial charge in [0.15, 0.2) is 0 Å². The smallest absolute Gasteiger partial charge is 0.0674 e. The van der Waals surface area contributed by atoms with E-state index < -0.39 is 0 Å². The van der Waals surface area contributed by atoms with Crippen molar-refractivity contribution in [1.29, 1.82) is 0 Å². The molecular weight excluding hydrogens is 262 g/mol. The van der Waals surface area contributed by atoms with E-state index in [9.17, 15) is 0 Å². The summed E-state index contributed by atoms with van der Waals surface area (Å²) in [6.45, 7) is 3.14. The Labute approximate surface area is 128 Å². The Morgan fingerprint density at radius 3 is 2.52 bits per heavy atom. The average Bonchev–Trinajstić information content (AvgIpc) is 2.76. The van der Waals surface area contributed by atoms with Crippen LogP contribution >= 0.6 is 0 Å². The quantitative estimate of drug-likeness (QED) is 0.480. The molecule has 1 saturated carbocycles. The highest BCUT2D eigenvalue weighted by Crippen LogP contribution is 2.40. The first-order valence-corrected chi connectivity index (χ1v) is 8.30. The van der Waals surface area contributed by atoms with Crippen LogP contribution in [-0.2, 0) is 6.54 Å². The molecule has 5 heteroatoms. The molecule has 1 atom stereocenters. The topological polar surface area (TPSA) is 59.1 Å². The Kier molecular flexibility index (Phi) is 5.79. The summed E-state index contributed by atoms with van der Waals surface area (Å²) in [6.07, 6.45) is 12.8. The molecule has 120 valence electrons. The maximum absolute atomic E-state index is 5.98. The maximum Gasteiger partial charge on any atom is 0.0674 e. The number of aryl methyl sites for hydroxylation is 1. The average molecular weight is 293 g/mol. The van der Waals surface area contributed by atoms with Crippen molar-refractivity contribution >= 4 is 0 Å². The minimum atomic E-state index is 0.0886. The minimum Gasteiger partial charge on any atom is -0.302 e. The van der Waals surface area contributed by atoms with Gasteiger partial charge in [-0.1, -0.05) is 32.6 Å². The van der Waals surface area contributed by atoms with E-state index in [0.717, 1.165) is 13.0 Å². The fourth-order valence-electron chi connectivity index (χ4n) is 3.78. The van der Waals surface area contributed by atoms with Crippen LogP contribution in [0.5, 0.6) is 0 Å². The Morgan fingerprint density at radius 1 is 1.33 bits per heavy atom. The molecule has 2 rings (SSSR count). The maximum atomic E-state index is 5.98. The van der Waals surface area contributed by atoms with Crippen LogP contribution in [0.25, 0.3) is 0 Å². The SMILES string of the molecule is CCCn1cc(C(NN)C2(N(C)C)CCCCCC2)cn1. The van der Waals surface area contributed by atoms with E-state index in [-0.39, 0.29) is 11.6 Å². The Hall–Kier alpha value is -0.910. The second-order valence-corrected chi connectivity index (χ2v) is 6.55. The first-order chi connectivity index (χ1) is 10.1. The standard InChI is InChI=1S/C16H31N5/c1-4-11-21-13-14(12-18-21)15(19-17)16(20(2)3)9-7-5-6-8-10-16/h12-13,15,19H,4-11,17H2,1-3H3. The summed E-state index contributed by atoms with van der Waals surface area (Å²) >= 11 is 0. The summed E-state index contributed by atoms with van der Waals surface area (Å²) in [4.78, 5) is 2.38. The van der Waals surface area contributed by atoms with Crippen LogP contribution in [0.3, 0.4) is 0 Å². The van der Waals surface area contributed by atoms with Crippen LogP contribution in [-0.4, -0.2) is 34.3 Å². The zero-order valence-electron chi connectivity index (χ0n) is 13.8. The van der Waals surface area contributed by atoms with Crippen molar-refractivity contribution in [2.24, 2.45) is 5.84 Å². The molecule has 1 aliphatic rings. The second kappa shape index (κ2) is 7.38. The molecule has 0 spiro atoms. The van der Waals surface area contributed by atoms with Crippen molar-refractivity contribution in [2.45, 2.75) is 70.0 Å². The van der Waals surface area contributed by atoms with Crippen LogP contribution in [0.1, 0.15) is 63.5 Å². The summed E-state index contributed by atoms with van der Waals surface area (Å²) in [5, 5.41) is 4.49. The van der Waals surface area contributed by atoms with Gasteiger partial charge in [-0.15, -0.1) is 0 Å². The lowest BCUT2D eigenvalue weighted by Gasteiger charge is -2.45. The molecule has 1 aromatic rings. The van der Waals surface area contributed by atoms with Gasteiger partial charge in [0.25, 0.3) is 0 Å². The summed E-state index contributed by atoms with van der Waals surface area (Å²) in [5.74, 6) is 5.98. The number of hydrogen-bond acceptors (Lipinski definition) is 4. The van der Waals surface area contributed by atoms with Gasteiger partial charge in [-0.05, 0) is 33.4 Å². The highest BCUT2D eigenvalue weighted by molar-refractivity contribution is 5.18. The molecule has 0 aromatic carbocycles. The molecule has 1 fully saturated rings. The number of hydrogen-bond donors (Lipinski definition) is 2. The van der Waals surface area contributed by atoms with Gasteiger partial charge in [0, 0.05) is 23.8 Å². The van der Waals surface area contributed by atoms with E-state index in [1.54, 1.807) is 0 Å². The monoisotopic (exact) mass is 293 g/mol. The fraction of sp³-hybridized carbons (Fsp3) is 0.812. The predicted molar refractivity (Wildman–Crippen MR) is 86.7 cm³/mol. The molecule has 1 aromatic heterocycles. The van der Waals surface area contributed by atoms with Gasteiger partial charge in [-0.3, -0.25) is 16.0 Å². The van der Waals surface area contributed by atoms with E-state index >= 15 is 0 Å². The van der Waals surface area contributed by atoms with E-state index in [1.807, 2.05) is 10.9 Å². The van der Waals surface area contributed by atoms with Crippen LogP contribution in [0.4, 0.5) is 0 Å². The van der Waals surface area contributed by atoms with E-state index in [2.05, 4.69) is 42.6 Å². The number of rotatable bonds is 6. The van der Waals surface area contributed by atoms with Gasteiger partial charge in [0.1, 0.15) is 0 Å². The van der Waals surface area contributed by atoms with Crippen molar-refractivity contribution < 1.29 is 0 Å². The molecule has 1 aliphatic carbocycles. The Morgan fingerprint density at radius 2 is 2.00 bits per heavy atom. The fourth-order valence-corrected chi connectivity index (χ4v) is 3.78. The normalized spacial score (nSPS) is 20.4. The van der Waals surface area contributed by atoms with Gasteiger partial charge in [0.05, 0.1) is 12.2 Å². The first kappa shape index (κ1) is 16.5. The van der Waals surface area contributed by atoms with Crippen LogP contribution in [0, 0.1) is 0 Å². The van der Waals surface area contributed by atoms with Gasteiger partial charge in [-0.25, -0.2) is 0 Å². The molecule has 0 bridgehead atoms. The summed E-state index contributed by atoms with van der Waals surface area (Å²) in [7, 11) is 4.37. The molecule has 0 saturated heterocycles. The van der Waals surface area contributed by atoms with E-state index in [1.165, 1.54) is 44.1 Å². The Bertz CT molecular complexity index is 418. The molecular formula is C16H31N5. The lowest BCUT2D eigenvalue weighted by atomic mass is 9.79.